The molecule has 0 aromatic rings. The van der Waals surface area contributed by atoms with Crippen LogP contribution in [-0.4, -0.2) is 23.8 Å². The van der Waals surface area contributed by atoms with Gasteiger partial charge in [0.15, 0.2) is 0 Å². The Labute approximate surface area is 79.4 Å². The number of rotatable bonds is 5. The van der Waals surface area contributed by atoms with Crippen molar-refractivity contribution in [2.45, 2.75) is 33.3 Å². The largest absolute Gasteiger partial charge is 0.462 e. The average molecular weight is 186 g/mol. The molecule has 0 heterocycles. The van der Waals surface area contributed by atoms with Gasteiger partial charge >= 0.3 is 5.97 Å². The third kappa shape index (κ3) is 4.68. The number of hydrogen-bond donors (Lipinski definition) is 1. The monoisotopic (exact) mass is 186 g/mol. The first-order valence-electron chi connectivity index (χ1n) is 4.53. The molecule has 0 saturated heterocycles. The molecule has 0 aromatic carbocycles. The van der Waals surface area contributed by atoms with Gasteiger partial charge in [-0.2, -0.15) is 0 Å². The highest BCUT2D eigenvalue weighted by molar-refractivity contribution is 5.88. The Hall–Kier alpha value is -0.830. The fraction of sp³-hybridized carbons (Fsp3) is 0.700. The molecule has 3 heteroatoms. The Balaban J connectivity index is 3.90. The quantitative estimate of drug-likeness (QED) is 0.523. The molecule has 1 unspecified atom stereocenters. The fourth-order valence-corrected chi connectivity index (χ4v) is 0.717. The summed E-state index contributed by atoms with van der Waals surface area (Å²) >= 11 is 0. The van der Waals surface area contributed by atoms with Gasteiger partial charge < -0.3 is 9.84 Å². The summed E-state index contributed by atoms with van der Waals surface area (Å²) in [5, 5.41) is 9.26. The first-order valence-corrected chi connectivity index (χ1v) is 4.53. The molecule has 0 spiro atoms. The molecule has 0 aliphatic rings. The van der Waals surface area contributed by atoms with Crippen molar-refractivity contribution in [3.8, 4) is 0 Å². The van der Waals surface area contributed by atoms with E-state index in [4.69, 9.17) is 4.74 Å². The molecule has 0 radical (unpaired) electrons. The van der Waals surface area contributed by atoms with E-state index >= 15 is 0 Å². The van der Waals surface area contributed by atoms with Crippen molar-refractivity contribution in [2.24, 2.45) is 5.92 Å². The van der Waals surface area contributed by atoms with Crippen LogP contribution in [0.4, 0.5) is 0 Å². The van der Waals surface area contributed by atoms with Crippen LogP contribution in [0.25, 0.3) is 0 Å². The molecule has 76 valence electrons. The zero-order valence-electron chi connectivity index (χ0n) is 8.54. The lowest BCUT2D eigenvalue weighted by Crippen LogP contribution is -2.20. The number of aliphatic hydroxyl groups excluding tert-OH is 1. The SMILES string of the molecule is C=C(C(=O)OCC(C)C)C(O)CC. The van der Waals surface area contributed by atoms with Crippen LogP contribution in [0, 0.1) is 5.92 Å². The summed E-state index contributed by atoms with van der Waals surface area (Å²) in [6.07, 6.45) is -0.296. The molecule has 13 heavy (non-hydrogen) atoms. The van der Waals surface area contributed by atoms with Gasteiger partial charge in [0.25, 0.3) is 0 Å². The van der Waals surface area contributed by atoms with E-state index in [1.54, 1.807) is 6.92 Å². The van der Waals surface area contributed by atoms with E-state index in [0.29, 0.717) is 18.9 Å². The molecule has 0 aliphatic heterocycles. The summed E-state index contributed by atoms with van der Waals surface area (Å²) < 4.78 is 4.89. The molecule has 0 fully saturated rings. The lowest BCUT2D eigenvalue weighted by Gasteiger charge is -2.12. The van der Waals surface area contributed by atoms with Gasteiger partial charge in [-0.1, -0.05) is 27.4 Å². The maximum atomic E-state index is 11.2. The van der Waals surface area contributed by atoms with Gasteiger partial charge in [0.05, 0.1) is 18.3 Å². The first kappa shape index (κ1) is 12.2. The van der Waals surface area contributed by atoms with E-state index in [2.05, 4.69) is 6.58 Å². The number of carbonyl (C=O) groups excluding carboxylic acids is 1. The number of esters is 1. The predicted molar refractivity (Wildman–Crippen MR) is 51.2 cm³/mol. The molecule has 0 aliphatic carbocycles. The number of hydrogen-bond acceptors (Lipinski definition) is 3. The van der Waals surface area contributed by atoms with Crippen LogP contribution in [0.3, 0.4) is 0 Å². The standard InChI is InChI=1S/C10H18O3/c1-5-9(11)8(4)10(12)13-6-7(2)3/h7,9,11H,4-6H2,1-3H3. The van der Waals surface area contributed by atoms with E-state index in [1.165, 1.54) is 0 Å². The minimum Gasteiger partial charge on any atom is -0.462 e. The van der Waals surface area contributed by atoms with E-state index in [1.807, 2.05) is 13.8 Å². The lowest BCUT2D eigenvalue weighted by molar-refractivity contribution is -0.141. The van der Waals surface area contributed by atoms with Crippen molar-refractivity contribution >= 4 is 5.97 Å². The van der Waals surface area contributed by atoms with Crippen LogP contribution in [0.5, 0.6) is 0 Å². The van der Waals surface area contributed by atoms with Crippen molar-refractivity contribution < 1.29 is 14.6 Å². The Kier molecular flexibility index (Phi) is 5.39. The number of ether oxygens (including phenoxy) is 1. The van der Waals surface area contributed by atoms with Crippen molar-refractivity contribution in [2.75, 3.05) is 6.61 Å². The second-order valence-corrected chi connectivity index (χ2v) is 3.44. The molecule has 0 amide bonds. The number of aliphatic hydroxyl groups is 1. The van der Waals surface area contributed by atoms with Crippen LogP contribution in [-0.2, 0) is 9.53 Å². The van der Waals surface area contributed by atoms with Gasteiger partial charge in [0.2, 0.25) is 0 Å². The minimum absolute atomic E-state index is 0.142. The molecule has 0 saturated carbocycles. The fourth-order valence-electron chi connectivity index (χ4n) is 0.717. The maximum absolute atomic E-state index is 11.2. The zero-order chi connectivity index (χ0) is 10.4. The van der Waals surface area contributed by atoms with Crippen LogP contribution >= 0.6 is 0 Å². The minimum atomic E-state index is -0.778. The Morgan fingerprint density at radius 3 is 2.46 bits per heavy atom. The Bertz CT molecular complexity index is 185. The predicted octanol–water partition coefficient (Wildman–Crippen LogP) is 1.51. The third-order valence-corrected chi connectivity index (χ3v) is 1.60. The Morgan fingerprint density at radius 1 is 1.54 bits per heavy atom. The molecule has 1 N–H and O–H groups in total. The molecule has 3 nitrogen and oxygen atoms in total. The van der Waals surface area contributed by atoms with Crippen molar-refractivity contribution in [1.82, 2.24) is 0 Å². The van der Waals surface area contributed by atoms with Crippen LogP contribution in [0.1, 0.15) is 27.2 Å². The molecule has 1 atom stereocenters. The highest BCUT2D eigenvalue weighted by Gasteiger charge is 2.16. The van der Waals surface area contributed by atoms with Crippen molar-refractivity contribution in [1.29, 1.82) is 0 Å². The van der Waals surface area contributed by atoms with Crippen LogP contribution < -0.4 is 0 Å². The van der Waals surface area contributed by atoms with Gasteiger partial charge in [-0.25, -0.2) is 4.79 Å². The smallest absolute Gasteiger partial charge is 0.336 e. The normalized spacial score (nSPS) is 12.7. The lowest BCUT2D eigenvalue weighted by atomic mass is 10.1. The summed E-state index contributed by atoms with van der Waals surface area (Å²) in [4.78, 5) is 11.2. The highest BCUT2D eigenvalue weighted by atomic mass is 16.5. The zero-order valence-corrected chi connectivity index (χ0v) is 8.54. The van der Waals surface area contributed by atoms with Gasteiger partial charge in [0, 0.05) is 0 Å². The van der Waals surface area contributed by atoms with Crippen LogP contribution in [0.2, 0.25) is 0 Å². The van der Waals surface area contributed by atoms with Crippen molar-refractivity contribution in [3.63, 3.8) is 0 Å². The first-order chi connectivity index (χ1) is 5.99. The maximum Gasteiger partial charge on any atom is 0.336 e. The van der Waals surface area contributed by atoms with E-state index in [0.717, 1.165) is 0 Å². The topological polar surface area (TPSA) is 46.5 Å². The molecule has 0 aromatic heterocycles. The second-order valence-electron chi connectivity index (χ2n) is 3.44. The van der Waals surface area contributed by atoms with E-state index in [-0.39, 0.29) is 5.57 Å². The molecule has 0 bridgehead atoms. The van der Waals surface area contributed by atoms with Crippen molar-refractivity contribution in [3.05, 3.63) is 12.2 Å². The van der Waals surface area contributed by atoms with Gasteiger partial charge in [-0.05, 0) is 12.3 Å². The molecular formula is C10H18O3. The van der Waals surface area contributed by atoms with Gasteiger partial charge in [-0.15, -0.1) is 0 Å². The Morgan fingerprint density at radius 2 is 2.08 bits per heavy atom. The number of carbonyl (C=O) groups is 1. The van der Waals surface area contributed by atoms with E-state index < -0.39 is 12.1 Å². The third-order valence-electron chi connectivity index (χ3n) is 1.60. The summed E-state index contributed by atoms with van der Waals surface area (Å²) in [7, 11) is 0. The summed E-state index contributed by atoms with van der Waals surface area (Å²) in [5.41, 5.74) is 0.142. The highest BCUT2D eigenvalue weighted by Crippen LogP contribution is 2.06. The van der Waals surface area contributed by atoms with E-state index in [9.17, 15) is 9.90 Å². The summed E-state index contributed by atoms with van der Waals surface area (Å²) in [6.45, 7) is 9.53. The summed E-state index contributed by atoms with van der Waals surface area (Å²) in [5.74, 6) is -0.196. The molecular weight excluding hydrogens is 168 g/mol. The second kappa shape index (κ2) is 5.75. The van der Waals surface area contributed by atoms with Gasteiger partial charge in [-0.3, -0.25) is 0 Å². The van der Waals surface area contributed by atoms with Gasteiger partial charge in [0.1, 0.15) is 0 Å². The average Bonchev–Trinajstić information content (AvgIpc) is 2.11. The van der Waals surface area contributed by atoms with Crippen LogP contribution in [0.15, 0.2) is 12.2 Å². The molecule has 0 rings (SSSR count). The summed E-state index contributed by atoms with van der Waals surface area (Å²) in [6, 6.07) is 0.